The Balaban J connectivity index is 2.28. The zero-order valence-corrected chi connectivity index (χ0v) is 13.0. The Morgan fingerprint density at radius 3 is 2.76 bits per heavy atom. The minimum atomic E-state index is -0.153. The van der Waals surface area contributed by atoms with E-state index in [-0.39, 0.29) is 11.9 Å². The molecule has 1 heterocycles. The van der Waals surface area contributed by atoms with E-state index in [0.717, 1.165) is 22.6 Å². The third kappa shape index (κ3) is 3.49. The number of benzene rings is 1. The summed E-state index contributed by atoms with van der Waals surface area (Å²) in [5.41, 5.74) is 10.6. The molecule has 3 N–H and O–H groups in total. The monoisotopic (exact) mass is 286 g/mol. The highest BCUT2D eigenvalue weighted by atomic mass is 16.1. The molecule has 0 aliphatic carbocycles. The molecule has 5 nitrogen and oxygen atoms in total. The van der Waals surface area contributed by atoms with Crippen molar-refractivity contribution in [2.45, 2.75) is 40.2 Å². The van der Waals surface area contributed by atoms with Crippen molar-refractivity contribution < 1.29 is 4.79 Å². The highest BCUT2D eigenvalue weighted by Crippen LogP contribution is 2.22. The summed E-state index contributed by atoms with van der Waals surface area (Å²) in [5, 5.41) is 7.25. The summed E-state index contributed by atoms with van der Waals surface area (Å²) >= 11 is 0. The summed E-state index contributed by atoms with van der Waals surface area (Å²) in [6, 6.07) is 6.07. The molecule has 2 rings (SSSR count). The predicted octanol–water partition coefficient (Wildman–Crippen LogP) is 2.47. The van der Waals surface area contributed by atoms with E-state index in [1.54, 1.807) is 6.20 Å². The van der Waals surface area contributed by atoms with Gasteiger partial charge in [0.25, 0.3) is 0 Å². The van der Waals surface area contributed by atoms with Gasteiger partial charge in [-0.05, 0) is 44.9 Å². The van der Waals surface area contributed by atoms with E-state index in [1.807, 2.05) is 32.4 Å². The second-order valence-electron chi connectivity index (χ2n) is 5.57. The van der Waals surface area contributed by atoms with Crippen molar-refractivity contribution in [2.75, 3.05) is 5.32 Å². The van der Waals surface area contributed by atoms with Crippen LogP contribution in [0.5, 0.6) is 0 Å². The number of hydrogen-bond acceptors (Lipinski definition) is 3. The molecule has 0 saturated carbocycles. The summed E-state index contributed by atoms with van der Waals surface area (Å²) < 4.78 is 1.85. The van der Waals surface area contributed by atoms with Gasteiger partial charge in [0, 0.05) is 12.5 Å². The summed E-state index contributed by atoms with van der Waals surface area (Å²) in [5.74, 6) is -0.0892. The molecule has 1 atom stereocenters. The first kappa shape index (κ1) is 15.3. The fraction of sp³-hybridized carbons (Fsp3) is 0.375. The van der Waals surface area contributed by atoms with Crippen LogP contribution >= 0.6 is 0 Å². The van der Waals surface area contributed by atoms with Gasteiger partial charge in [-0.2, -0.15) is 5.10 Å². The lowest BCUT2D eigenvalue weighted by Crippen LogP contribution is -2.24. The van der Waals surface area contributed by atoms with Crippen molar-refractivity contribution in [1.29, 1.82) is 0 Å². The summed E-state index contributed by atoms with van der Waals surface area (Å²) in [6.45, 7) is 7.85. The molecule has 1 aromatic heterocycles. The minimum Gasteiger partial charge on any atom is -0.327 e. The third-order valence-corrected chi connectivity index (χ3v) is 3.38. The van der Waals surface area contributed by atoms with Gasteiger partial charge < -0.3 is 11.1 Å². The fourth-order valence-electron chi connectivity index (χ4n) is 2.22. The van der Waals surface area contributed by atoms with Gasteiger partial charge in [0.2, 0.25) is 5.91 Å². The van der Waals surface area contributed by atoms with E-state index in [2.05, 4.69) is 28.6 Å². The van der Waals surface area contributed by atoms with Gasteiger partial charge in [-0.25, -0.2) is 4.68 Å². The summed E-state index contributed by atoms with van der Waals surface area (Å²) in [6.07, 6.45) is 1.98. The average Bonchev–Trinajstić information content (AvgIpc) is 2.73. The highest BCUT2D eigenvalue weighted by molar-refractivity contribution is 5.91. The molecule has 2 aromatic rings. The molecule has 0 bridgehead atoms. The highest BCUT2D eigenvalue weighted by Gasteiger charge is 2.13. The molecule has 0 aliphatic heterocycles. The molecule has 112 valence electrons. The Bertz CT molecular complexity index is 658. The first-order valence-electron chi connectivity index (χ1n) is 7.06. The Labute approximate surface area is 125 Å². The minimum absolute atomic E-state index is 0.0892. The molecule has 0 saturated heterocycles. The lowest BCUT2D eigenvalue weighted by Gasteiger charge is -2.10. The van der Waals surface area contributed by atoms with E-state index in [4.69, 9.17) is 5.73 Å². The number of nitrogens with one attached hydrogen (secondary N) is 1. The van der Waals surface area contributed by atoms with Crippen LogP contribution in [-0.2, 0) is 4.79 Å². The van der Waals surface area contributed by atoms with Crippen LogP contribution in [0.4, 0.5) is 5.69 Å². The van der Waals surface area contributed by atoms with E-state index < -0.39 is 0 Å². The summed E-state index contributed by atoms with van der Waals surface area (Å²) in [7, 11) is 0. The standard InChI is InChI=1S/C16H22N4O/c1-10-5-6-11(2)15(7-10)20-13(4)14(9-18-20)19-16(21)8-12(3)17/h5-7,9,12H,8,17H2,1-4H3,(H,19,21). The van der Waals surface area contributed by atoms with Crippen molar-refractivity contribution in [2.24, 2.45) is 5.73 Å². The maximum Gasteiger partial charge on any atom is 0.226 e. The Hall–Kier alpha value is -2.14. The number of carbonyl (C=O) groups is 1. The number of aryl methyl sites for hydroxylation is 2. The van der Waals surface area contributed by atoms with Crippen LogP contribution in [0.25, 0.3) is 5.69 Å². The number of aromatic nitrogens is 2. The fourth-order valence-corrected chi connectivity index (χ4v) is 2.22. The zero-order valence-electron chi connectivity index (χ0n) is 13.0. The number of anilines is 1. The molecule has 0 spiro atoms. The Morgan fingerprint density at radius 2 is 2.10 bits per heavy atom. The number of nitrogens with zero attached hydrogens (tertiary/aromatic N) is 2. The lowest BCUT2D eigenvalue weighted by atomic mass is 10.1. The van der Waals surface area contributed by atoms with E-state index in [0.29, 0.717) is 6.42 Å². The largest absolute Gasteiger partial charge is 0.327 e. The molecule has 0 aliphatic rings. The second kappa shape index (κ2) is 6.10. The average molecular weight is 286 g/mol. The number of carbonyl (C=O) groups excluding carboxylic acids is 1. The van der Waals surface area contributed by atoms with Gasteiger partial charge in [-0.3, -0.25) is 4.79 Å². The lowest BCUT2D eigenvalue weighted by molar-refractivity contribution is -0.116. The normalized spacial score (nSPS) is 12.2. The van der Waals surface area contributed by atoms with Gasteiger partial charge in [0.15, 0.2) is 0 Å². The second-order valence-corrected chi connectivity index (χ2v) is 5.57. The molecular formula is C16H22N4O. The van der Waals surface area contributed by atoms with Crippen LogP contribution in [0, 0.1) is 20.8 Å². The van der Waals surface area contributed by atoms with Gasteiger partial charge in [0.05, 0.1) is 23.3 Å². The maximum atomic E-state index is 11.8. The number of amides is 1. The first-order chi connectivity index (χ1) is 9.88. The van der Waals surface area contributed by atoms with Crippen molar-refractivity contribution in [3.05, 3.63) is 41.2 Å². The van der Waals surface area contributed by atoms with Crippen molar-refractivity contribution in [3.63, 3.8) is 0 Å². The molecule has 1 aromatic carbocycles. The Morgan fingerprint density at radius 1 is 1.38 bits per heavy atom. The quantitative estimate of drug-likeness (QED) is 0.907. The van der Waals surface area contributed by atoms with Crippen LogP contribution in [0.1, 0.15) is 30.2 Å². The number of rotatable bonds is 4. The van der Waals surface area contributed by atoms with E-state index in [9.17, 15) is 4.79 Å². The third-order valence-electron chi connectivity index (χ3n) is 3.38. The SMILES string of the molecule is Cc1ccc(C)c(-n2ncc(NC(=O)CC(C)N)c2C)c1. The van der Waals surface area contributed by atoms with Crippen molar-refractivity contribution in [1.82, 2.24) is 9.78 Å². The Kier molecular flexibility index (Phi) is 4.43. The summed E-state index contributed by atoms with van der Waals surface area (Å²) in [4.78, 5) is 11.8. The molecule has 0 fully saturated rings. The van der Waals surface area contributed by atoms with Crippen LogP contribution in [0.2, 0.25) is 0 Å². The van der Waals surface area contributed by atoms with E-state index >= 15 is 0 Å². The molecule has 1 unspecified atom stereocenters. The molecular weight excluding hydrogens is 264 g/mol. The predicted molar refractivity (Wildman–Crippen MR) is 84.7 cm³/mol. The smallest absolute Gasteiger partial charge is 0.226 e. The van der Waals surface area contributed by atoms with Gasteiger partial charge in [-0.1, -0.05) is 12.1 Å². The molecule has 0 radical (unpaired) electrons. The molecule has 21 heavy (non-hydrogen) atoms. The van der Waals surface area contributed by atoms with Crippen LogP contribution in [0.3, 0.4) is 0 Å². The number of hydrogen-bond donors (Lipinski definition) is 2. The number of nitrogens with two attached hydrogens (primary N) is 1. The van der Waals surface area contributed by atoms with Gasteiger partial charge in [0.1, 0.15) is 0 Å². The van der Waals surface area contributed by atoms with E-state index in [1.165, 1.54) is 5.56 Å². The molecule has 5 heteroatoms. The van der Waals surface area contributed by atoms with Crippen molar-refractivity contribution in [3.8, 4) is 5.69 Å². The maximum absolute atomic E-state index is 11.8. The molecule has 1 amide bonds. The van der Waals surface area contributed by atoms with Crippen LogP contribution in [0.15, 0.2) is 24.4 Å². The van der Waals surface area contributed by atoms with Crippen LogP contribution in [-0.4, -0.2) is 21.7 Å². The van der Waals surface area contributed by atoms with Crippen molar-refractivity contribution >= 4 is 11.6 Å². The zero-order chi connectivity index (χ0) is 15.6. The van der Waals surface area contributed by atoms with Gasteiger partial charge in [-0.15, -0.1) is 0 Å². The van der Waals surface area contributed by atoms with Crippen LogP contribution < -0.4 is 11.1 Å². The topological polar surface area (TPSA) is 72.9 Å². The van der Waals surface area contributed by atoms with Gasteiger partial charge >= 0.3 is 0 Å². The first-order valence-corrected chi connectivity index (χ1v) is 7.06.